The van der Waals surface area contributed by atoms with Gasteiger partial charge in [-0.25, -0.2) is 4.79 Å². The molecule has 4 atom stereocenters. The maximum Gasteiger partial charge on any atom is 0.329 e. The molecule has 1 aliphatic rings. The normalized spacial score (nSPS) is 30.2. The number of nitrogens with one attached hydrogen (secondary N) is 1. The van der Waals surface area contributed by atoms with E-state index in [4.69, 9.17) is 5.11 Å². The van der Waals surface area contributed by atoms with E-state index in [0.717, 1.165) is 16.3 Å². The van der Waals surface area contributed by atoms with Gasteiger partial charge in [-0.2, -0.15) is 0 Å². The lowest BCUT2D eigenvalue weighted by Gasteiger charge is -2.17. The van der Waals surface area contributed by atoms with Crippen LogP contribution in [0.1, 0.15) is 10.9 Å². The third-order valence-corrected chi connectivity index (χ3v) is 4.86. The molecule has 0 aliphatic carbocycles. The maximum atomic E-state index is 11.8. The maximum absolute atomic E-state index is 11.8. The minimum Gasteiger partial charge on any atom is -0.395 e. The van der Waals surface area contributed by atoms with E-state index in [2.05, 4.69) is 20.9 Å². The average Bonchev–Trinajstić information content (AvgIpc) is 2.70. The van der Waals surface area contributed by atoms with Crippen LogP contribution in [0.5, 0.6) is 0 Å². The van der Waals surface area contributed by atoms with Gasteiger partial charge in [0.2, 0.25) is 0 Å². The number of nitrogens with zero attached hydrogens (tertiary/aromatic N) is 1. The molecule has 1 saturated heterocycles. The molecule has 2 rings (SSSR count). The number of rotatable bonds is 3. The summed E-state index contributed by atoms with van der Waals surface area (Å²) in [7, 11) is 0. The quantitative estimate of drug-likeness (QED) is 0.559. The molecule has 20 heavy (non-hydrogen) atoms. The molecule has 1 aromatic heterocycles. The largest absolute Gasteiger partial charge is 0.395 e. The number of hydrogen-bond acceptors (Lipinski definition) is 6. The van der Waals surface area contributed by atoms with Crippen molar-refractivity contribution in [3.63, 3.8) is 0 Å². The molecule has 0 saturated carbocycles. The standard InChI is InChI=1S/C11H13BrN2O5S/c12-2-1-5-3-14(11(19)13-9(5)18)10-8(17)7(16)6(4-15)20-10/h1-3,6-8,10,15-17H,4H2,(H,13,18,19)/t6-,7-,8-,10-/m1/s1. The second-order valence-electron chi connectivity index (χ2n) is 4.27. The molecule has 0 unspecified atom stereocenters. The molecule has 0 spiro atoms. The number of aliphatic hydroxyl groups is 3. The Kier molecular flexibility index (Phi) is 4.86. The first-order valence-corrected chi connectivity index (χ1v) is 7.60. The summed E-state index contributed by atoms with van der Waals surface area (Å²) in [5.74, 6) is 0. The van der Waals surface area contributed by atoms with Crippen molar-refractivity contribution in [3.8, 4) is 0 Å². The van der Waals surface area contributed by atoms with Gasteiger partial charge in [0.05, 0.1) is 23.5 Å². The minimum atomic E-state index is -1.21. The number of halogens is 1. The average molecular weight is 365 g/mol. The lowest BCUT2D eigenvalue weighted by Crippen LogP contribution is -2.38. The van der Waals surface area contributed by atoms with Crippen LogP contribution >= 0.6 is 27.7 Å². The van der Waals surface area contributed by atoms with E-state index in [0.29, 0.717) is 0 Å². The van der Waals surface area contributed by atoms with Gasteiger partial charge in [0.15, 0.2) is 0 Å². The molecule has 0 bridgehead atoms. The molecule has 1 aliphatic heterocycles. The third kappa shape index (κ3) is 2.77. The zero-order valence-electron chi connectivity index (χ0n) is 10.1. The second-order valence-corrected chi connectivity index (χ2v) is 6.16. The lowest BCUT2D eigenvalue weighted by molar-refractivity contribution is 0.0101. The van der Waals surface area contributed by atoms with Crippen LogP contribution in [0.25, 0.3) is 6.08 Å². The number of H-pyrrole nitrogens is 1. The van der Waals surface area contributed by atoms with Crippen LogP contribution in [0.15, 0.2) is 20.8 Å². The van der Waals surface area contributed by atoms with Crippen LogP contribution in [-0.2, 0) is 0 Å². The molecule has 7 nitrogen and oxygen atoms in total. The SMILES string of the molecule is O=c1[nH]c(=O)n([C@@H]2S[C@H](CO)[C@@H](O)[C@H]2O)cc1C=CBr. The molecule has 110 valence electrons. The molecule has 2 heterocycles. The van der Waals surface area contributed by atoms with Crippen molar-refractivity contribution in [1.82, 2.24) is 9.55 Å². The van der Waals surface area contributed by atoms with Crippen LogP contribution in [0.2, 0.25) is 0 Å². The fourth-order valence-corrected chi connectivity index (χ4v) is 3.65. The van der Waals surface area contributed by atoms with Crippen LogP contribution in [0.3, 0.4) is 0 Å². The van der Waals surface area contributed by atoms with Gasteiger partial charge in [-0.3, -0.25) is 14.3 Å². The zero-order chi connectivity index (χ0) is 14.9. The van der Waals surface area contributed by atoms with Gasteiger partial charge in [-0.1, -0.05) is 15.9 Å². The highest BCUT2D eigenvalue weighted by Gasteiger charge is 2.43. The van der Waals surface area contributed by atoms with Crippen molar-refractivity contribution in [2.75, 3.05) is 6.61 Å². The van der Waals surface area contributed by atoms with Crippen LogP contribution < -0.4 is 11.2 Å². The topological polar surface area (TPSA) is 116 Å². The summed E-state index contributed by atoms with van der Waals surface area (Å²) in [4.78, 5) is 27.0. The molecule has 0 amide bonds. The molecular weight excluding hydrogens is 352 g/mol. The Morgan fingerprint density at radius 3 is 2.65 bits per heavy atom. The minimum absolute atomic E-state index is 0.233. The van der Waals surface area contributed by atoms with Gasteiger partial charge in [-0.05, 0) is 11.1 Å². The highest BCUT2D eigenvalue weighted by Crippen LogP contribution is 2.40. The van der Waals surface area contributed by atoms with E-state index in [9.17, 15) is 19.8 Å². The van der Waals surface area contributed by atoms with E-state index in [1.807, 2.05) is 0 Å². The highest BCUT2D eigenvalue weighted by atomic mass is 79.9. The van der Waals surface area contributed by atoms with Crippen LogP contribution in [-0.4, -0.2) is 48.9 Å². The summed E-state index contributed by atoms with van der Waals surface area (Å²) < 4.78 is 1.15. The Hall–Kier alpha value is -0.870. The molecule has 1 aromatic rings. The predicted octanol–water partition coefficient (Wildman–Crippen LogP) is -0.770. The zero-order valence-corrected chi connectivity index (χ0v) is 12.5. The van der Waals surface area contributed by atoms with E-state index >= 15 is 0 Å². The van der Waals surface area contributed by atoms with E-state index < -0.39 is 34.1 Å². The van der Waals surface area contributed by atoms with Crippen molar-refractivity contribution in [1.29, 1.82) is 0 Å². The summed E-state index contributed by atoms with van der Waals surface area (Å²) in [6, 6.07) is 0. The Balaban J connectivity index is 2.46. The molecular formula is C11H13BrN2O5S. The van der Waals surface area contributed by atoms with Gasteiger partial charge in [0.1, 0.15) is 11.5 Å². The summed E-state index contributed by atoms with van der Waals surface area (Å²) >= 11 is 4.12. The van der Waals surface area contributed by atoms with E-state index in [-0.39, 0.29) is 12.2 Å². The molecule has 1 fully saturated rings. The number of aliphatic hydroxyl groups excluding tert-OH is 3. The first-order valence-electron chi connectivity index (χ1n) is 5.74. The van der Waals surface area contributed by atoms with Crippen molar-refractivity contribution in [3.05, 3.63) is 37.6 Å². The van der Waals surface area contributed by atoms with Gasteiger partial charge in [-0.15, -0.1) is 11.8 Å². The lowest BCUT2D eigenvalue weighted by atomic mass is 10.1. The Morgan fingerprint density at radius 2 is 2.10 bits per heavy atom. The van der Waals surface area contributed by atoms with Crippen molar-refractivity contribution >= 4 is 33.8 Å². The van der Waals surface area contributed by atoms with Crippen molar-refractivity contribution in [2.45, 2.75) is 22.8 Å². The third-order valence-electron chi connectivity index (χ3n) is 3.03. The van der Waals surface area contributed by atoms with Gasteiger partial charge < -0.3 is 15.3 Å². The second kappa shape index (κ2) is 6.27. The van der Waals surface area contributed by atoms with E-state index in [1.165, 1.54) is 17.3 Å². The van der Waals surface area contributed by atoms with Gasteiger partial charge >= 0.3 is 5.69 Å². The Morgan fingerprint density at radius 1 is 1.40 bits per heavy atom. The summed E-state index contributed by atoms with van der Waals surface area (Å²) in [6.45, 7) is -0.314. The van der Waals surface area contributed by atoms with Gasteiger partial charge in [0, 0.05) is 6.20 Å². The molecule has 0 aromatic carbocycles. The molecule has 4 N–H and O–H groups in total. The Bertz CT molecular complexity index is 628. The molecule has 9 heteroatoms. The number of thioether (sulfide) groups is 1. The number of hydrogen-bond donors (Lipinski definition) is 4. The predicted molar refractivity (Wildman–Crippen MR) is 78.8 cm³/mol. The first-order chi connectivity index (χ1) is 9.49. The monoisotopic (exact) mass is 364 g/mol. The van der Waals surface area contributed by atoms with Crippen LogP contribution in [0, 0.1) is 0 Å². The fraction of sp³-hybridized carbons (Fsp3) is 0.455. The summed E-state index contributed by atoms with van der Waals surface area (Å²) in [5, 5.41) is 27.5. The highest BCUT2D eigenvalue weighted by molar-refractivity contribution is 9.11. The smallest absolute Gasteiger partial charge is 0.329 e. The van der Waals surface area contributed by atoms with Crippen molar-refractivity contribution in [2.24, 2.45) is 0 Å². The Labute approximate surface area is 126 Å². The number of aromatic nitrogens is 2. The van der Waals surface area contributed by atoms with Crippen LogP contribution in [0.4, 0.5) is 0 Å². The fourth-order valence-electron chi connectivity index (χ4n) is 1.99. The molecule has 0 radical (unpaired) electrons. The van der Waals surface area contributed by atoms with Crippen molar-refractivity contribution < 1.29 is 15.3 Å². The van der Waals surface area contributed by atoms with E-state index in [1.54, 1.807) is 0 Å². The summed E-state index contributed by atoms with van der Waals surface area (Å²) in [6.07, 6.45) is 0.429. The number of aromatic amines is 1. The van der Waals surface area contributed by atoms with Gasteiger partial charge in [0.25, 0.3) is 5.56 Å². The summed E-state index contributed by atoms with van der Waals surface area (Å²) in [5.41, 5.74) is -0.987. The first kappa shape index (κ1) is 15.5.